The van der Waals surface area contributed by atoms with E-state index in [0.29, 0.717) is 0 Å². The molecule has 1 N–H and O–H groups in total. The number of benzene rings is 3. The number of rotatable bonds is 8. The monoisotopic (exact) mass is 351 g/mol. The fourth-order valence-electron chi connectivity index (χ4n) is 3.12. The molecule has 0 saturated carbocycles. The zero-order chi connectivity index (χ0) is 18.9. The number of para-hydroxylation sites is 1. The van der Waals surface area contributed by atoms with Crippen molar-refractivity contribution >= 4 is 17.5 Å². The molecule has 1 heteroatoms. The quantitative estimate of drug-likeness (QED) is 0.423. The number of nitrogens with one attached hydrogen (secondary N) is 1. The lowest BCUT2D eigenvalue weighted by molar-refractivity contribution is 0.713. The molecule has 3 aromatic carbocycles. The zero-order valence-electron chi connectivity index (χ0n) is 15.5. The van der Waals surface area contributed by atoms with E-state index in [4.69, 9.17) is 0 Å². The van der Waals surface area contributed by atoms with E-state index in [0.717, 1.165) is 16.9 Å². The van der Waals surface area contributed by atoms with Crippen LogP contribution in [0.15, 0.2) is 116 Å². The fraction of sp³-hybridized carbons (Fsp3) is 0.0769. The van der Waals surface area contributed by atoms with Crippen molar-refractivity contribution in [3.8, 4) is 0 Å². The van der Waals surface area contributed by atoms with Gasteiger partial charge in [0, 0.05) is 23.2 Å². The van der Waals surface area contributed by atoms with Crippen LogP contribution in [0.1, 0.15) is 17.0 Å². The average Bonchev–Trinajstić information content (AvgIpc) is 2.73. The number of anilines is 2. The molecule has 0 amide bonds. The summed E-state index contributed by atoms with van der Waals surface area (Å²) in [5, 5.41) is 3.40. The Labute approximate surface area is 162 Å². The van der Waals surface area contributed by atoms with Crippen LogP contribution in [0, 0.1) is 5.92 Å². The van der Waals surface area contributed by atoms with Crippen molar-refractivity contribution in [2.24, 2.45) is 5.92 Å². The fourth-order valence-corrected chi connectivity index (χ4v) is 3.12. The van der Waals surface area contributed by atoms with Crippen LogP contribution in [0.4, 0.5) is 11.4 Å². The molecule has 27 heavy (non-hydrogen) atoms. The van der Waals surface area contributed by atoms with Gasteiger partial charge >= 0.3 is 0 Å². The van der Waals surface area contributed by atoms with E-state index >= 15 is 0 Å². The minimum Gasteiger partial charge on any atom is -0.356 e. The summed E-state index contributed by atoms with van der Waals surface area (Å²) in [7, 11) is 0. The summed E-state index contributed by atoms with van der Waals surface area (Å²) in [5.41, 5.74) is 4.58. The van der Waals surface area contributed by atoms with E-state index < -0.39 is 0 Å². The summed E-state index contributed by atoms with van der Waals surface area (Å²) >= 11 is 0. The summed E-state index contributed by atoms with van der Waals surface area (Å²) in [6, 6.07) is 29.0. The van der Waals surface area contributed by atoms with Gasteiger partial charge in [0.15, 0.2) is 0 Å². The first-order valence-electron chi connectivity index (χ1n) is 9.20. The molecule has 1 nitrogen and oxygen atoms in total. The first-order valence-corrected chi connectivity index (χ1v) is 9.20. The maximum Gasteiger partial charge on any atom is 0.0384 e. The molecule has 0 spiro atoms. The lowest BCUT2D eigenvalue weighted by Gasteiger charge is -2.19. The molecule has 0 aliphatic carbocycles. The summed E-state index contributed by atoms with van der Waals surface area (Å²) in [6.07, 6.45) is 8.34. The lowest BCUT2D eigenvalue weighted by atomic mass is 9.85. The first-order chi connectivity index (χ1) is 13.3. The van der Waals surface area contributed by atoms with Crippen LogP contribution in [-0.2, 0) is 0 Å². The second kappa shape index (κ2) is 9.40. The third-order valence-corrected chi connectivity index (χ3v) is 4.61. The Bertz CT molecular complexity index is 877. The largest absolute Gasteiger partial charge is 0.356 e. The van der Waals surface area contributed by atoms with Crippen molar-refractivity contribution in [3.05, 3.63) is 127 Å². The van der Waals surface area contributed by atoms with Gasteiger partial charge in [-0.2, -0.15) is 0 Å². The first kappa shape index (κ1) is 18.5. The Balaban J connectivity index is 1.70. The second-order valence-corrected chi connectivity index (χ2v) is 6.46. The van der Waals surface area contributed by atoms with E-state index in [2.05, 4.69) is 91.3 Å². The molecule has 3 rings (SSSR count). The Morgan fingerprint density at radius 1 is 0.667 bits per heavy atom. The minimum atomic E-state index is 0.201. The highest BCUT2D eigenvalue weighted by Gasteiger charge is 2.14. The topological polar surface area (TPSA) is 12.0 Å². The Morgan fingerprint density at radius 2 is 1.26 bits per heavy atom. The predicted molar refractivity (Wildman–Crippen MR) is 118 cm³/mol. The summed E-state index contributed by atoms with van der Waals surface area (Å²) < 4.78 is 0. The Hall–Kier alpha value is -3.32. The Kier molecular flexibility index (Phi) is 6.43. The van der Waals surface area contributed by atoms with Gasteiger partial charge in [0.1, 0.15) is 0 Å². The van der Waals surface area contributed by atoms with Gasteiger partial charge in [-0.3, -0.25) is 0 Å². The highest BCUT2D eigenvalue weighted by Crippen LogP contribution is 2.28. The van der Waals surface area contributed by atoms with E-state index in [1.807, 2.05) is 36.4 Å². The molecule has 0 heterocycles. The summed E-state index contributed by atoms with van der Waals surface area (Å²) in [6.45, 7) is 8.04. The molecule has 3 aromatic rings. The van der Waals surface area contributed by atoms with Crippen molar-refractivity contribution in [2.75, 3.05) is 5.32 Å². The SMILES string of the molecule is C=CC(/C=C/c1ccc(Nc2ccccc2)cc1)C(C=C)c1ccccc1. The number of allylic oxidation sites excluding steroid dienone is 3. The molecular weight excluding hydrogens is 326 g/mol. The standard InChI is InChI=1S/C26H25N/c1-3-22(26(4-2)23-11-7-5-8-12-23)18-15-21-16-19-25(20-17-21)27-24-13-9-6-10-14-24/h3-20,22,26-27H,1-2H2/b18-15+. The summed E-state index contributed by atoms with van der Waals surface area (Å²) in [4.78, 5) is 0. The van der Waals surface area contributed by atoms with Crippen LogP contribution in [0.25, 0.3) is 6.08 Å². The van der Waals surface area contributed by atoms with E-state index in [9.17, 15) is 0 Å². The molecule has 0 radical (unpaired) electrons. The maximum atomic E-state index is 4.02. The van der Waals surface area contributed by atoms with Gasteiger partial charge in [-0.15, -0.1) is 13.2 Å². The third kappa shape index (κ3) is 5.08. The third-order valence-electron chi connectivity index (χ3n) is 4.61. The molecule has 0 fully saturated rings. The van der Waals surface area contributed by atoms with Crippen molar-refractivity contribution in [3.63, 3.8) is 0 Å². The lowest BCUT2D eigenvalue weighted by Crippen LogP contribution is -2.05. The van der Waals surface area contributed by atoms with E-state index in [1.165, 1.54) is 5.56 Å². The van der Waals surface area contributed by atoms with Gasteiger partial charge in [-0.05, 0) is 35.4 Å². The van der Waals surface area contributed by atoms with Gasteiger partial charge in [0.25, 0.3) is 0 Å². The molecule has 0 aliphatic rings. The van der Waals surface area contributed by atoms with Crippen molar-refractivity contribution < 1.29 is 0 Å². The van der Waals surface area contributed by atoms with Crippen molar-refractivity contribution in [1.29, 1.82) is 0 Å². The van der Waals surface area contributed by atoms with Crippen LogP contribution in [0.5, 0.6) is 0 Å². The van der Waals surface area contributed by atoms with Crippen LogP contribution in [-0.4, -0.2) is 0 Å². The van der Waals surface area contributed by atoms with Gasteiger partial charge in [0.05, 0.1) is 0 Å². The molecule has 0 aliphatic heterocycles. The van der Waals surface area contributed by atoms with Crippen LogP contribution >= 0.6 is 0 Å². The molecule has 0 bridgehead atoms. The van der Waals surface area contributed by atoms with Crippen molar-refractivity contribution in [2.45, 2.75) is 5.92 Å². The highest BCUT2D eigenvalue weighted by atomic mass is 14.9. The van der Waals surface area contributed by atoms with Gasteiger partial charge in [-0.1, -0.05) is 85.0 Å². The second-order valence-electron chi connectivity index (χ2n) is 6.46. The smallest absolute Gasteiger partial charge is 0.0384 e. The molecule has 134 valence electrons. The van der Waals surface area contributed by atoms with Gasteiger partial charge in [0.2, 0.25) is 0 Å². The van der Waals surface area contributed by atoms with Gasteiger partial charge in [-0.25, -0.2) is 0 Å². The highest BCUT2D eigenvalue weighted by molar-refractivity contribution is 5.62. The molecular formula is C26H25N. The number of hydrogen-bond donors (Lipinski definition) is 1. The molecule has 2 atom stereocenters. The van der Waals surface area contributed by atoms with Crippen LogP contribution in [0.2, 0.25) is 0 Å². The van der Waals surface area contributed by atoms with Crippen LogP contribution in [0.3, 0.4) is 0 Å². The number of hydrogen-bond acceptors (Lipinski definition) is 1. The normalized spacial score (nSPS) is 13.0. The maximum absolute atomic E-state index is 4.02. The molecule has 2 unspecified atom stereocenters. The Morgan fingerprint density at radius 3 is 1.85 bits per heavy atom. The van der Waals surface area contributed by atoms with Crippen LogP contribution < -0.4 is 5.32 Å². The molecule has 0 saturated heterocycles. The van der Waals surface area contributed by atoms with E-state index in [1.54, 1.807) is 0 Å². The minimum absolute atomic E-state index is 0.201. The zero-order valence-corrected chi connectivity index (χ0v) is 15.5. The van der Waals surface area contributed by atoms with E-state index in [-0.39, 0.29) is 11.8 Å². The summed E-state index contributed by atoms with van der Waals surface area (Å²) in [5.74, 6) is 0.422. The van der Waals surface area contributed by atoms with Gasteiger partial charge < -0.3 is 5.32 Å². The predicted octanol–water partition coefficient (Wildman–Crippen LogP) is 7.22. The van der Waals surface area contributed by atoms with Crippen molar-refractivity contribution in [1.82, 2.24) is 0 Å². The average molecular weight is 351 g/mol. The molecule has 0 aromatic heterocycles.